The molecule has 0 saturated carbocycles. The highest BCUT2D eigenvalue weighted by molar-refractivity contribution is 8.00. The monoisotopic (exact) mass is 329 g/mol. The third kappa shape index (κ3) is 5.20. The number of thiophene rings is 1. The summed E-state index contributed by atoms with van der Waals surface area (Å²) in [6.45, 7) is 2.65. The summed E-state index contributed by atoms with van der Waals surface area (Å²) in [5.41, 5.74) is 0. The maximum absolute atomic E-state index is 11.5. The summed E-state index contributed by atoms with van der Waals surface area (Å²) >= 11 is 4.72. The molecule has 108 valence electrons. The predicted molar refractivity (Wildman–Crippen MR) is 83.5 cm³/mol. The van der Waals surface area contributed by atoms with Gasteiger partial charge in [0.2, 0.25) is 5.13 Å². The van der Waals surface area contributed by atoms with Gasteiger partial charge >= 0.3 is 0 Å². The molecule has 0 saturated heterocycles. The van der Waals surface area contributed by atoms with Gasteiger partial charge in [-0.05, 0) is 17.9 Å². The van der Waals surface area contributed by atoms with Crippen molar-refractivity contribution in [2.75, 3.05) is 18.5 Å². The van der Waals surface area contributed by atoms with Crippen molar-refractivity contribution >= 4 is 45.5 Å². The van der Waals surface area contributed by atoms with Crippen LogP contribution in [0, 0.1) is 0 Å². The van der Waals surface area contributed by atoms with Crippen LogP contribution in [0.3, 0.4) is 0 Å². The highest BCUT2D eigenvalue weighted by atomic mass is 32.2. The Bertz CT molecular complexity index is 528. The minimum absolute atomic E-state index is 0.0606. The van der Waals surface area contributed by atoms with Crippen LogP contribution in [0.4, 0.5) is 5.13 Å². The molecular weight excluding hydrogens is 314 g/mol. The van der Waals surface area contributed by atoms with Crippen molar-refractivity contribution in [3.63, 3.8) is 0 Å². The lowest BCUT2D eigenvalue weighted by Crippen LogP contribution is -2.18. The molecule has 1 N–H and O–H groups in total. The Morgan fingerprint density at radius 2 is 2.40 bits per heavy atom. The van der Waals surface area contributed by atoms with Gasteiger partial charge in [0.1, 0.15) is 6.61 Å². The molecule has 0 aromatic carbocycles. The zero-order valence-corrected chi connectivity index (χ0v) is 13.4. The second-order valence-corrected chi connectivity index (χ2v) is 7.07. The highest BCUT2D eigenvalue weighted by Crippen LogP contribution is 2.29. The Labute approximate surface area is 129 Å². The molecule has 20 heavy (non-hydrogen) atoms. The number of ether oxygens (including phenoxy) is 1. The Balaban J connectivity index is 1.75. The Morgan fingerprint density at radius 3 is 3.15 bits per heavy atom. The molecule has 0 fully saturated rings. The average molecular weight is 329 g/mol. The first-order valence-electron chi connectivity index (χ1n) is 6.14. The van der Waals surface area contributed by atoms with Crippen molar-refractivity contribution in [2.24, 2.45) is 0 Å². The largest absolute Gasteiger partial charge is 0.372 e. The quantitative estimate of drug-likeness (QED) is 0.457. The van der Waals surface area contributed by atoms with Crippen molar-refractivity contribution in [3.8, 4) is 0 Å². The second-order valence-electron chi connectivity index (χ2n) is 3.84. The molecule has 5 nitrogen and oxygen atoms in total. The van der Waals surface area contributed by atoms with E-state index in [1.54, 1.807) is 23.1 Å². The summed E-state index contributed by atoms with van der Waals surface area (Å²) in [5.74, 6) is 0.684. The van der Waals surface area contributed by atoms with Crippen LogP contribution in [0.25, 0.3) is 0 Å². The molecular formula is C12H15N3O2S3. The van der Waals surface area contributed by atoms with Gasteiger partial charge in [-0.1, -0.05) is 36.1 Å². The first-order valence-corrected chi connectivity index (χ1v) is 8.82. The van der Waals surface area contributed by atoms with E-state index in [9.17, 15) is 4.79 Å². The lowest BCUT2D eigenvalue weighted by molar-refractivity contribution is -0.120. The molecule has 2 aromatic rings. The van der Waals surface area contributed by atoms with Gasteiger partial charge in [0.05, 0.1) is 0 Å². The van der Waals surface area contributed by atoms with Gasteiger partial charge in [-0.3, -0.25) is 10.1 Å². The molecule has 2 aromatic heterocycles. The first kappa shape index (κ1) is 15.4. The van der Waals surface area contributed by atoms with Gasteiger partial charge in [0.25, 0.3) is 5.91 Å². The maximum atomic E-state index is 11.5. The van der Waals surface area contributed by atoms with E-state index in [1.807, 2.05) is 13.0 Å². The third-order valence-electron chi connectivity index (χ3n) is 2.15. The van der Waals surface area contributed by atoms with E-state index >= 15 is 0 Å². The maximum Gasteiger partial charge on any atom is 0.252 e. The molecule has 0 unspecified atom stereocenters. The van der Waals surface area contributed by atoms with Gasteiger partial charge in [-0.25, -0.2) is 0 Å². The van der Waals surface area contributed by atoms with Crippen LogP contribution in [0.2, 0.25) is 0 Å². The SMILES string of the molecule is CCCOCC(=O)Nc1nnc(SCc2cccs2)s1. The first-order chi connectivity index (χ1) is 9.78. The number of aromatic nitrogens is 2. The number of nitrogens with one attached hydrogen (secondary N) is 1. The number of carbonyl (C=O) groups excluding carboxylic acids is 1. The fourth-order valence-electron chi connectivity index (χ4n) is 1.31. The summed E-state index contributed by atoms with van der Waals surface area (Å²) in [7, 11) is 0. The smallest absolute Gasteiger partial charge is 0.252 e. The van der Waals surface area contributed by atoms with Gasteiger partial charge in [0, 0.05) is 17.2 Å². The topological polar surface area (TPSA) is 64.1 Å². The summed E-state index contributed by atoms with van der Waals surface area (Å²) in [6.07, 6.45) is 0.898. The molecule has 0 aliphatic rings. The zero-order valence-electron chi connectivity index (χ0n) is 11.0. The van der Waals surface area contributed by atoms with Crippen molar-refractivity contribution in [1.82, 2.24) is 10.2 Å². The Morgan fingerprint density at radius 1 is 1.50 bits per heavy atom. The number of hydrogen-bond acceptors (Lipinski definition) is 7. The van der Waals surface area contributed by atoms with E-state index in [-0.39, 0.29) is 12.5 Å². The number of thioether (sulfide) groups is 1. The van der Waals surface area contributed by atoms with Gasteiger partial charge in [0.15, 0.2) is 4.34 Å². The van der Waals surface area contributed by atoms with E-state index < -0.39 is 0 Å². The fourth-order valence-corrected chi connectivity index (χ4v) is 3.85. The van der Waals surface area contributed by atoms with Gasteiger partial charge < -0.3 is 4.74 Å². The molecule has 2 heterocycles. The Hall–Kier alpha value is -0.960. The minimum atomic E-state index is -0.190. The summed E-state index contributed by atoms with van der Waals surface area (Å²) in [5, 5.41) is 13.2. The highest BCUT2D eigenvalue weighted by Gasteiger charge is 2.09. The zero-order chi connectivity index (χ0) is 14.2. The fraction of sp³-hybridized carbons (Fsp3) is 0.417. The number of amides is 1. The predicted octanol–water partition coefficient (Wildman–Crippen LogP) is 3.26. The molecule has 0 aliphatic heterocycles. The minimum Gasteiger partial charge on any atom is -0.372 e. The second kappa shape index (κ2) is 8.35. The van der Waals surface area contributed by atoms with E-state index in [0.717, 1.165) is 16.5 Å². The molecule has 0 bridgehead atoms. The van der Waals surface area contributed by atoms with Crippen LogP contribution in [-0.4, -0.2) is 29.3 Å². The van der Waals surface area contributed by atoms with Gasteiger partial charge in [-0.2, -0.15) is 0 Å². The number of nitrogens with zero attached hydrogens (tertiary/aromatic N) is 2. The molecule has 2 rings (SSSR count). The third-order valence-corrected chi connectivity index (χ3v) is 5.23. The Kier molecular flexibility index (Phi) is 6.44. The molecule has 0 spiro atoms. The van der Waals surface area contributed by atoms with E-state index in [0.29, 0.717) is 11.7 Å². The standard InChI is InChI=1S/C12H15N3O2S3/c1-2-5-17-7-10(16)13-11-14-15-12(20-11)19-8-9-4-3-6-18-9/h3-4,6H,2,5,7-8H2,1H3,(H,13,14,16). The molecule has 0 atom stereocenters. The van der Waals surface area contributed by atoms with Crippen LogP contribution in [0.1, 0.15) is 18.2 Å². The summed E-state index contributed by atoms with van der Waals surface area (Å²) < 4.78 is 6.01. The van der Waals surface area contributed by atoms with Crippen molar-refractivity contribution < 1.29 is 9.53 Å². The lowest BCUT2D eigenvalue weighted by Gasteiger charge is -2.01. The summed E-state index contributed by atoms with van der Waals surface area (Å²) in [4.78, 5) is 12.8. The molecule has 8 heteroatoms. The van der Waals surface area contributed by atoms with Crippen molar-refractivity contribution in [3.05, 3.63) is 22.4 Å². The van der Waals surface area contributed by atoms with Gasteiger partial charge in [-0.15, -0.1) is 21.5 Å². The van der Waals surface area contributed by atoms with E-state index in [2.05, 4.69) is 27.0 Å². The average Bonchev–Trinajstić information content (AvgIpc) is 3.08. The molecule has 0 aliphatic carbocycles. The lowest BCUT2D eigenvalue weighted by atomic mass is 10.5. The van der Waals surface area contributed by atoms with Crippen molar-refractivity contribution in [2.45, 2.75) is 23.4 Å². The summed E-state index contributed by atoms with van der Waals surface area (Å²) in [6, 6.07) is 4.12. The normalized spacial score (nSPS) is 10.7. The molecule has 0 radical (unpaired) electrons. The van der Waals surface area contributed by atoms with Crippen LogP contribution in [0.15, 0.2) is 21.9 Å². The number of hydrogen-bond donors (Lipinski definition) is 1. The van der Waals surface area contributed by atoms with Crippen LogP contribution >= 0.6 is 34.4 Å². The van der Waals surface area contributed by atoms with E-state index in [1.165, 1.54) is 16.2 Å². The van der Waals surface area contributed by atoms with Crippen LogP contribution < -0.4 is 5.32 Å². The van der Waals surface area contributed by atoms with E-state index in [4.69, 9.17) is 4.74 Å². The van der Waals surface area contributed by atoms with Crippen LogP contribution in [0.5, 0.6) is 0 Å². The van der Waals surface area contributed by atoms with Crippen molar-refractivity contribution in [1.29, 1.82) is 0 Å². The molecule has 1 amide bonds. The van der Waals surface area contributed by atoms with Crippen LogP contribution in [-0.2, 0) is 15.3 Å². The number of rotatable bonds is 8. The number of anilines is 1. The number of carbonyl (C=O) groups is 1.